The number of benzene rings is 2. The number of amides is 1. The number of hydrogen-bond acceptors (Lipinski definition) is 3. The Hall–Kier alpha value is -1.92. The zero-order chi connectivity index (χ0) is 19.8. The quantitative estimate of drug-likeness (QED) is 0.787. The molecule has 3 rings (SSSR count). The highest BCUT2D eigenvalue weighted by atomic mass is 35.5. The van der Waals surface area contributed by atoms with Crippen LogP contribution in [-0.4, -0.2) is 19.1 Å². The molecule has 1 amide bonds. The van der Waals surface area contributed by atoms with Gasteiger partial charge in [-0.1, -0.05) is 36.6 Å². The third kappa shape index (κ3) is 3.48. The van der Waals surface area contributed by atoms with Gasteiger partial charge in [-0.25, -0.2) is 12.8 Å². The minimum absolute atomic E-state index is 0.0284. The molecule has 0 bridgehead atoms. The van der Waals surface area contributed by atoms with E-state index in [2.05, 4.69) is 5.32 Å². The van der Waals surface area contributed by atoms with E-state index < -0.39 is 26.3 Å². The van der Waals surface area contributed by atoms with Crippen LogP contribution in [0.15, 0.2) is 41.3 Å². The van der Waals surface area contributed by atoms with Gasteiger partial charge in [-0.2, -0.15) is 0 Å². The highest BCUT2D eigenvalue weighted by molar-refractivity contribution is 7.93. The van der Waals surface area contributed by atoms with Crippen molar-refractivity contribution in [2.24, 2.45) is 0 Å². The summed E-state index contributed by atoms with van der Waals surface area (Å²) in [6.07, 6.45) is 1.78. The van der Waals surface area contributed by atoms with E-state index in [1.165, 1.54) is 12.1 Å². The number of sulfone groups is 1. The maximum absolute atomic E-state index is 13.5. The Labute approximate surface area is 163 Å². The normalized spacial score (nSPS) is 16.3. The fraction of sp³-hybridized carbons (Fsp3) is 0.350. The second kappa shape index (κ2) is 7.24. The lowest BCUT2D eigenvalue weighted by Crippen LogP contribution is -2.47. The minimum atomic E-state index is -3.92. The predicted octanol–water partition coefficient (Wildman–Crippen LogP) is 4.82. The Morgan fingerprint density at radius 2 is 1.78 bits per heavy atom. The summed E-state index contributed by atoms with van der Waals surface area (Å²) >= 11 is 6.00. The molecule has 7 heteroatoms. The van der Waals surface area contributed by atoms with Crippen molar-refractivity contribution in [3.63, 3.8) is 0 Å². The Morgan fingerprint density at radius 1 is 1.11 bits per heavy atom. The molecule has 2 aromatic rings. The summed E-state index contributed by atoms with van der Waals surface area (Å²) in [4.78, 5) is 13.3. The van der Waals surface area contributed by atoms with Gasteiger partial charge in [-0.3, -0.25) is 4.79 Å². The molecule has 144 valence electrons. The zero-order valence-corrected chi connectivity index (χ0v) is 16.8. The molecular weight excluding hydrogens is 389 g/mol. The van der Waals surface area contributed by atoms with E-state index in [4.69, 9.17) is 11.6 Å². The SMILES string of the molecule is Cc1ccc(C)c(S(=O)(=O)C2(C(=O)Nc3ccc(F)cc3Cl)CCCC2)c1. The molecule has 0 aromatic heterocycles. The molecule has 0 saturated heterocycles. The molecule has 1 fully saturated rings. The van der Waals surface area contributed by atoms with Crippen molar-refractivity contribution in [2.45, 2.75) is 49.2 Å². The lowest BCUT2D eigenvalue weighted by atomic mass is 10.1. The molecule has 4 nitrogen and oxygen atoms in total. The van der Waals surface area contributed by atoms with E-state index in [-0.39, 0.29) is 28.4 Å². The second-order valence-corrected chi connectivity index (χ2v) is 9.69. The molecule has 0 radical (unpaired) electrons. The topological polar surface area (TPSA) is 63.2 Å². The van der Waals surface area contributed by atoms with Gasteiger partial charge in [0.05, 0.1) is 15.6 Å². The van der Waals surface area contributed by atoms with Crippen molar-refractivity contribution >= 4 is 33.0 Å². The molecule has 27 heavy (non-hydrogen) atoms. The van der Waals surface area contributed by atoms with Crippen LogP contribution >= 0.6 is 11.6 Å². The number of anilines is 1. The average Bonchev–Trinajstić information content (AvgIpc) is 3.11. The van der Waals surface area contributed by atoms with Crippen molar-refractivity contribution in [1.29, 1.82) is 0 Å². The van der Waals surface area contributed by atoms with Gasteiger partial charge in [0, 0.05) is 0 Å². The summed E-state index contributed by atoms with van der Waals surface area (Å²) < 4.78 is 38.8. The van der Waals surface area contributed by atoms with E-state index in [0.29, 0.717) is 18.4 Å². The van der Waals surface area contributed by atoms with Gasteiger partial charge in [0.25, 0.3) is 0 Å². The van der Waals surface area contributed by atoms with Crippen molar-refractivity contribution in [2.75, 3.05) is 5.32 Å². The van der Waals surface area contributed by atoms with E-state index in [1.807, 2.05) is 13.0 Å². The van der Waals surface area contributed by atoms with E-state index in [0.717, 1.165) is 11.6 Å². The predicted molar refractivity (Wildman–Crippen MR) is 104 cm³/mol. The number of halogens is 2. The van der Waals surface area contributed by atoms with Crippen LogP contribution in [0.2, 0.25) is 5.02 Å². The van der Waals surface area contributed by atoms with Crippen LogP contribution in [0.3, 0.4) is 0 Å². The van der Waals surface area contributed by atoms with E-state index >= 15 is 0 Å². The van der Waals surface area contributed by atoms with Crippen molar-refractivity contribution in [3.8, 4) is 0 Å². The summed E-state index contributed by atoms with van der Waals surface area (Å²) in [5, 5.41) is 2.64. The molecule has 1 N–H and O–H groups in total. The number of carbonyl (C=O) groups excluding carboxylic acids is 1. The van der Waals surface area contributed by atoms with Crippen LogP contribution < -0.4 is 5.32 Å². The molecular formula is C20H21ClFNO3S. The van der Waals surface area contributed by atoms with Crippen molar-refractivity contribution < 1.29 is 17.6 Å². The third-order valence-electron chi connectivity index (χ3n) is 5.15. The molecule has 0 unspecified atom stereocenters. The Bertz CT molecular complexity index is 998. The number of aryl methyl sites for hydroxylation is 2. The van der Waals surface area contributed by atoms with Gasteiger partial charge in [0.15, 0.2) is 14.6 Å². The lowest BCUT2D eigenvalue weighted by molar-refractivity contribution is -0.118. The Morgan fingerprint density at radius 3 is 2.41 bits per heavy atom. The summed E-state index contributed by atoms with van der Waals surface area (Å²) in [5.41, 5.74) is 1.62. The van der Waals surface area contributed by atoms with Crippen LogP contribution in [0.25, 0.3) is 0 Å². The smallest absolute Gasteiger partial charge is 0.246 e. The number of hydrogen-bond donors (Lipinski definition) is 1. The first-order valence-corrected chi connectivity index (χ1v) is 10.6. The Kier molecular flexibility index (Phi) is 5.32. The Balaban J connectivity index is 2.05. The number of carbonyl (C=O) groups is 1. The molecule has 0 spiro atoms. The standard InChI is InChI=1S/C20H21ClFNO3S/c1-13-5-6-14(2)18(11-13)27(25,26)20(9-3-4-10-20)19(24)23-17-8-7-15(22)12-16(17)21/h5-8,11-12H,3-4,9-10H2,1-2H3,(H,23,24). The average molecular weight is 410 g/mol. The van der Waals surface area contributed by atoms with Gasteiger partial charge in [0.2, 0.25) is 5.91 Å². The molecule has 2 aromatic carbocycles. The van der Waals surface area contributed by atoms with Crippen LogP contribution in [0, 0.1) is 19.7 Å². The monoisotopic (exact) mass is 409 g/mol. The van der Waals surface area contributed by atoms with Gasteiger partial charge in [-0.15, -0.1) is 0 Å². The number of rotatable bonds is 4. The molecule has 1 aliphatic carbocycles. The summed E-state index contributed by atoms with van der Waals surface area (Å²) in [5.74, 6) is -1.15. The first-order chi connectivity index (χ1) is 12.7. The maximum atomic E-state index is 13.5. The van der Waals surface area contributed by atoms with Crippen LogP contribution in [0.5, 0.6) is 0 Å². The molecule has 0 atom stereocenters. The summed E-state index contributed by atoms with van der Waals surface area (Å²) in [6, 6.07) is 8.79. The van der Waals surface area contributed by atoms with Crippen molar-refractivity contribution in [1.82, 2.24) is 0 Å². The third-order valence-corrected chi connectivity index (χ3v) is 8.11. The zero-order valence-electron chi connectivity index (χ0n) is 15.2. The van der Waals surface area contributed by atoms with Crippen LogP contribution in [0.1, 0.15) is 36.8 Å². The van der Waals surface area contributed by atoms with E-state index in [9.17, 15) is 17.6 Å². The van der Waals surface area contributed by atoms with E-state index in [1.54, 1.807) is 19.1 Å². The highest BCUT2D eigenvalue weighted by Crippen LogP contribution is 2.42. The van der Waals surface area contributed by atoms with Gasteiger partial charge in [-0.05, 0) is 62.1 Å². The first-order valence-electron chi connectivity index (χ1n) is 8.76. The lowest BCUT2D eigenvalue weighted by Gasteiger charge is -2.28. The van der Waals surface area contributed by atoms with Crippen LogP contribution in [0.4, 0.5) is 10.1 Å². The van der Waals surface area contributed by atoms with Gasteiger partial charge in [0.1, 0.15) is 5.82 Å². The summed E-state index contributed by atoms with van der Waals surface area (Å²) in [7, 11) is -3.92. The van der Waals surface area contributed by atoms with Gasteiger partial charge < -0.3 is 5.32 Å². The summed E-state index contributed by atoms with van der Waals surface area (Å²) in [6.45, 7) is 3.54. The van der Waals surface area contributed by atoms with Crippen molar-refractivity contribution in [3.05, 3.63) is 58.4 Å². The molecule has 0 aliphatic heterocycles. The fourth-order valence-electron chi connectivity index (χ4n) is 3.60. The first kappa shape index (κ1) is 19.8. The maximum Gasteiger partial charge on any atom is 0.246 e. The highest BCUT2D eigenvalue weighted by Gasteiger charge is 2.53. The minimum Gasteiger partial charge on any atom is -0.323 e. The fourth-order valence-corrected chi connectivity index (χ4v) is 6.19. The molecule has 0 heterocycles. The molecule has 1 aliphatic rings. The number of nitrogens with one attached hydrogen (secondary N) is 1. The largest absolute Gasteiger partial charge is 0.323 e. The van der Waals surface area contributed by atoms with Gasteiger partial charge >= 0.3 is 0 Å². The van der Waals surface area contributed by atoms with Crippen LogP contribution in [-0.2, 0) is 14.6 Å². The molecule has 1 saturated carbocycles. The second-order valence-electron chi connectivity index (χ2n) is 7.05.